The third kappa shape index (κ3) is 5.83. The molecule has 3 nitrogen and oxygen atoms in total. The minimum Gasteiger partial charge on any atom is -0.496 e. The van der Waals surface area contributed by atoms with Crippen LogP contribution in [0.2, 0.25) is 0 Å². The second kappa shape index (κ2) is 10.3. The van der Waals surface area contributed by atoms with Crippen molar-refractivity contribution in [3.63, 3.8) is 0 Å². The summed E-state index contributed by atoms with van der Waals surface area (Å²) in [6.45, 7) is 4.72. The Bertz CT molecular complexity index is 1020. The van der Waals surface area contributed by atoms with E-state index in [-0.39, 0.29) is 5.78 Å². The molecule has 0 unspecified atom stereocenters. The van der Waals surface area contributed by atoms with Crippen LogP contribution in [0.25, 0.3) is 6.08 Å². The topological polar surface area (TPSA) is 35.5 Å². The fourth-order valence-electron chi connectivity index (χ4n) is 3.01. The zero-order chi connectivity index (χ0) is 21.5. The number of carbonyl (C=O) groups excluding carboxylic acids is 1. The third-order valence-electron chi connectivity index (χ3n) is 4.80. The normalized spacial score (nSPS) is 11.1. The van der Waals surface area contributed by atoms with E-state index >= 15 is 0 Å². The zero-order valence-electron chi connectivity index (χ0n) is 17.4. The Morgan fingerprint density at radius 3 is 2.33 bits per heavy atom. The summed E-state index contributed by atoms with van der Waals surface area (Å²) in [5, 5.41) is 0. The Kier molecular flexibility index (Phi) is 7.47. The summed E-state index contributed by atoms with van der Waals surface area (Å²) >= 11 is 3.38. The molecule has 3 rings (SSSR count). The van der Waals surface area contributed by atoms with Gasteiger partial charge in [0.25, 0.3) is 0 Å². The predicted octanol–water partition coefficient (Wildman–Crippen LogP) is 7.06. The van der Waals surface area contributed by atoms with Gasteiger partial charge in [0.2, 0.25) is 0 Å². The molecule has 0 aromatic heterocycles. The highest BCUT2D eigenvalue weighted by Gasteiger charge is 2.07. The molecule has 30 heavy (non-hydrogen) atoms. The maximum absolute atomic E-state index is 12.4. The molecule has 3 aromatic rings. The van der Waals surface area contributed by atoms with E-state index in [1.807, 2.05) is 48.5 Å². The Labute approximate surface area is 186 Å². The molecule has 0 aliphatic carbocycles. The molecule has 154 valence electrons. The standard InChI is InChI=1S/C26H25BrO3/c1-18(2)20-8-12-24(13-9-20)30-17-22-16-19(5-15-26(22)29-3)4-14-25(28)21-6-10-23(27)11-7-21/h4-16,18H,17H2,1-3H3/b14-4+. The molecule has 0 amide bonds. The number of halogens is 1. The van der Waals surface area contributed by atoms with Crippen LogP contribution in [0.15, 0.2) is 77.3 Å². The van der Waals surface area contributed by atoms with Crippen LogP contribution in [0.3, 0.4) is 0 Å². The first-order chi connectivity index (χ1) is 14.5. The number of ether oxygens (including phenoxy) is 2. The molecular formula is C26H25BrO3. The van der Waals surface area contributed by atoms with Crippen LogP contribution in [0.5, 0.6) is 11.5 Å². The first-order valence-electron chi connectivity index (χ1n) is 9.84. The van der Waals surface area contributed by atoms with Gasteiger partial charge in [0.1, 0.15) is 18.1 Å². The lowest BCUT2D eigenvalue weighted by molar-refractivity contribution is 0.104. The molecule has 0 N–H and O–H groups in total. The maximum Gasteiger partial charge on any atom is 0.185 e. The predicted molar refractivity (Wildman–Crippen MR) is 125 cm³/mol. The van der Waals surface area contributed by atoms with Crippen LogP contribution < -0.4 is 9.47 Å². The molecule has 4 heteroatoms. The van der Waals surface area contributed by atoms with E-state index in [4.69, 9.17) is 9.47 Å². The monoisotopic (exact) mass is 464 g/mol. The second-order valence-electron chi connectivity index (χ2n) is 7.29. The number of methoxy groups -OCH3 is 1. The van der Waals surface area contributed by atoms with E-state index < -0.39 is 0 Å². The Balaban J connectivity index is 1.71. The summed E-state index contributed by atoms with van der Waals surface area (Å²) in [5.41, 5.74) is 3.76. The number of carbonyl (C=O) groups is 1. The second-order valence-corrected chi connectivity index (χ2v) is 8.20. The SMILES string of the molecule is COc1ccc(/C=C/C(=O)c2ccc(Br)cc2)cc1COc1ccc(C(C)C)cc1. The van der Waals surface area contributed by atoms with Crippen molar-refractivity contribution in [1.29, 1.82) is 0 Å². The van der Waals surface area contributed by atoms with E-state index in [9.17, 15) is 4.79 Å². The first-order valence-corrected chi connectivity index (χ1v) is 10.6. The van der Waals surface area contributed by atoms with Crippen molar-refractivity contribution in [2.24, 2.45) is 0 Å². The first kappa shape index (κ1) is 21.8. The number of hydrogen-bond donors (Lipinski definition) is 0. The summed E-state index contributed by atoms with van der Waals surface area (Å²) in [6, 6.07) is 21.3. The van der Waals surface area contributed by atoms with Gasteiger partial charge in [-0.3, -0.25) is 4.79 Å². The zero-order valence-corrected chi connectivity index (χ0v) is 19.0. The molecule has 0 heterocycles. The molecule has 0 spiro atoms. The van der Waals surface area contributed by atoms with Gasteiger partial charge in [0, 0.05) is 15.6 Å². The van der Waals surface area contributed by atoms with E-state index in [1.165, 1.54) is 5.56 Å². The van der Waals surface area contributed by atoms with Gasteiger partial charge >= 0.3 is 0 Å². The number of rotatable bonds is 8. The van der Waals surface area contributed by atoms with Gasteiger partial charge in [-0.15, -0.1) is 0 Å². The quantitative estimate of drug-likeness (QED) is 0.264. The molecule has 0 aliphatic rings. The Hall–Kier alpha value is -2.85. The minimum absolute atomic E-state index is 0.0404. The van der Waals surface area contributed by atoms with Crippen LogP contribution in [0.1, 0.15) is 46.8 Å². The van der Waals surface area contributed by atoms with E-state index in [0.29, 0.717) is 18.1 Å². The highest BCUT2D eigenvalue weighted by atomic mass is 79.9. The van der Waals surface area contributed by atoms with Crippen LogP contribution >= 0.6 is 15.9 Å². The Morgan fingerprint density at radius 1 is 1.00 bits per heavy atom. The van der Waals surface area contributed by atoms with E-state index in [0.717, 1.165) is 27.1 Å². The van der Waals surface area contributed by atoms with Gasteiger partial charge < -0.3 is 9.47 Å². The third-order valence-corrected chi connectivity index (χ3v) is 5.33. The van der Waals surface area contributed by atoms with Crippen molar-refractivity contribution < 1.29 is 14.3 Å². The molecule has 0 saturated heterocycles. The lowest BCUT2D eigenvalue weighted by Gasteiger charge is -2.12. The summed E-state index contributed by atoms with van der Waals surface area (Å²) in [6.07, 6.45) is 3.39. The molecule has 0 fully saturated rings. The molecule has 0 radical (unpaired) electrons. The lowest BCUT2D eigenvalue weighted by Crippen LogP contribution is -2.00. The van der Waals surface area contributed by atoms with Gasteiger partial charge in [-0.1, -0.05) is 54.1 Å². The average Bonchev–Trinajstić information content (AvgIpc) is 2.76. The van der Waals surface area contributed by atoms with Crippen LogP contribution in [0.4, 0.5) is 0 Å². The fourth-order valence-corrected chi connectivity index (χ4v) is 3.27. The number of ketones is 1. The average molecular weight is 465 g/mol. The highest BCUT2D eigenvalue weighted by molar-refractivity contribution is 9.10. The lowest BCUT2D eigenvalue weighted by atomic mass is 10.0. The number of hydrogen-bond acceptors (Lipinski definition) is 3. The number of benzene rings is 3. The summed E-state index contributed by atoms with van der Waals surface area (Å²) in [5.74, 6) is 2.02. The van der Waals surface area contributed by atoms with Crippen LogP contribution in [0, 0.1) is 0 Å². The van der Waals surface area contributed by atoms with Gasteiger partial charge in [-0.2, -0.15) is 0 Å². The molecule has 0 atom stereocenters. The summed E-state index contributed by atoms with van der Waals surface area (Å²) in [4.78, 5) is 12.4. The molecule has 0 bridgehead atoms. The maximum atomic E-state index is 12.4. The van der Waals surface area contributed by atoms with Crippen molar-refractivity contribution in [3.8, 4) is 11.5 Å². The van der Waals surface area contributed by atoms with E-state index in [1.54, 1.807) is 25.3 Å². The molecule has 0 saturated carbocycles. The number of allylic oxidation sites excluding steroid dienone is 1. The largest absolute Gasteiger partial charge is 0.496 e. The highest BCUT2D eigenvalue weighted by Crippen LogP contribution is 2.24. The van der Waals surface area contributed by atoms with Gasteiger partial charge in [0.05, 0.1) is 7.11 Å². The van der Waals surface area contributed by atoms with E-state index in [2.05, 4.69) is 41.9 Å². The van der Waals surface area contributed by atoms with Crippen LogP contribution in [-0.2, 0) is 6.61 Å². The van der Waals surface area contributed by atoms with Gasteiger partial charge in [-0.05, 0) is 71.7 Å². The molecule has 3 aromatic carbocycles. The van der Waals surface area contributed by atoms with Crippen molar-refractivity contribution in [2.75, 3.05) is 7.11 Å². The van der Waals surface area contributed by atoms with Gasteiger partial charge in [-0.25, -0.2) is 0 Å². The summed E-state index contributed by atoms with van der Waals surface area (Å²) in [7, 11) is 1.64. The minimum atomic E-state index is -0.0404. The van der Waals surface area contributed by atoms with Crippen molar-refractivity contribution in [2.45, 2.75) is 26.4 Å². The smallest absolute Gasteiger partial charge is 0.185 e. The Morgan fingerprint density at radius 2 is 1.70 bits per heavy atom. The molecule has 0 aliphatic heterocycles. The van der Waals surface area contributed by atoms with Crippen LogP contribution in [-0.4, -0.2) is 12.9 Å². The van der Waals surface area contributed by atoms with Gasteiger partial charge in [0.15, 0.2) is 5.78 Å². The molecular weight excluding hydrogens is 440 g/mol. The summed E-state index contributed by atoms with van der Waals surface area (Å²) < 4.78 is 12.4. The fraction of sp³-hybridized carbons (Fsp3) is 0.192. The van der Waals surface area contributed by atoms with Crippen molar-refractivity contribution >= 4 is 27.8 Å². The van der Waals surface area contributed by atoms with Crippen molar-refractivity contribution in [3.05, 3.63) is 99.5 Å². The van der Waals surface area contributed by atoms with Crippen molar-refractivity contribution in [1.82, 2.24) is 0 Å².